The van der Waals surface area contributed by atoms with Crippen LogP contribution in [0.25, 0.3) is 33.8 Å². The highest BCUT2D eigenvalue weighted by atomic mass is 16.6. The van der Waals surface area contributed by atoms with E-state index in [-0.39, 0.29) is 36.0 Å². The number of nitrogen functional groups attached to an aromatic ring is 1. The Morgan fingerprint density at radius 3 is 2.36 bits per heavy atom. The summed E-state index contributed by atoms with van der Waals surface area (Å²) in [7, 11) is 0. The van der Waals surface area contributed by atoms with Crippen LogP contribution in [0.5, 0.6) is 0 Å². The Balaban J connectivity index is 1.09. The molecule has 0 atom stereocenters. The molecule has 2 saturated carbocycles. The van der Waals surface area contributed by atoms with Crippen molar-refractivity contribution in [3.63, 3.8) is 0 Å². The first-order valence-corrected chi connectivity index (χ1v) is 15.6. The van der Waals surface area contributed by atoms with E-state index in [0.29, 0.717) is 47.2 Å². The summed E-state index contributed by atoms with van der Waals surface area (Å²) in [4.78, 5) is 43.9. The van der Waals surface area contributed by atoms with Gasteiger partial charge in [-0.2, -0.15) is 5.10 Å². The first-order valence-electron chi connectivity index (χ1n) is 15.6. The molecular weight excluding hydrogens is 562 g/mol. The molecule has 7 rings (SSSR count). The summed E-state index contributed by atoms with van der Waals surface area (Å²) >= 11 is 0. The molecule has 4 aromatic heterocycles. The van der Waals surface area contributed by atoms with Crippen molar-refractivity contribution >= 4 is 29.2 Å². The second-order valence-electron chi connectivity index (χ2n) is 12.5. The minimum atomic E-state index is -0.254. The van der Waals surface area contributed by atoms with Crippen LogP contribution < -0.4 is 5.73 Å². The second kappa shape index (κ2) is 11.6. The van der Waals surface area contributed by atoms with Gasteiger partial charge in [0.25, 0.3) is 0 Å². The first kappa shape index (κ1) is 28.4. The van der Waals surface area contributed by atoms with Crippen molar-refractivity contribution in [3.8, 4) is 22.8 Å². The molecule has 0 unspecified atom stereocenters. The lowest BCUT2D eigenvalue weighted by molar-refractivity contribution is -0.112. The number of hydrogen-bond donors (Lipinski definition) is 1. The van der Waals surface area contributed by atoms with Gasteiger partial charge in [-0.15, -0.1) is 0 Å². The van der Waals surface area contributed by atoms with Crippen molar-refractivity contribution in [3.05, 3.63) is 30.0 Å². The fourth-order valence-corrected chi connectivity index (χ4v) is 6.46. The molecule has 44 heavy (non-hydrogen) atoms. The maximum Gasteiger partial charge on any atom is 0.410 e. The third kappa shape index (κ3) is 5.28. The SMILES string of the molecule is CC(C)n1nc(-c2noc(C3CC3)c2-c2ncc(C3CCN(C(=O)OC4CCC(C=O)CC4)CC3)cn2)c2c(N)ncnc21. The van der Waals surface area contributed by atoms with Crippen LogP contribution in [-0.2, 0) is 9.53 Å². The predicted octanol–water partition coefficient (Wildman–Crippen LogP) is 5.05. The van der Waals surface area contributed by atoms with Gasteiger partial charge in [0.1, 0.15) is 35.9 Å². The van der Waals surface area contributed by atoms with E-state index in [2.05, 4.69) is 15.1 Å². The van der Waals surface area contributed by atoms with E-state index in [4.69, 9.17) is 30.1 Å². The van der Waals surface area contributed by atoms with E-state index in [1.165, 1.54) is 6.33 Å². The molecule has 4 aromatic rings. The molecule has 1 amide bonds. The van der Waals surface area contributed by atoms with Gasteiger partial charge < -0.3 is 24.7 Å². The van der Waals surface area contributed by atoms with E-state index in [1.807, 2.05) is 30.9 Å². The van der Waals surface area contributed by atoms with E-state index in [9.17, 15) is 9.59 Å². The van der Waals surface area contributed by atoms with Crippen molar-refractivity contribution in [1.82, 2.24) is 39.8 Å². The number of likely N-dealkylation sites (tertiary alicyclic amines) is 1. The second-order valence-corrected chi connectivity index (χ2v) is 12.5. The van der Waals surface area contributed by atoms with E-state index < -0.39 is 0 Å². The Bertz CT molecular complexity index is 1660. The normalized spacial score (nSPS) is 21.2. The fraction of sp³-hybridized carbons (Fsp3) is 0.548. The van der Waals surface area contributed by atoms with Crippen LogP contribution in [0.2, 0.25) is 0 Å². The van der Waals surface area contributed by atoms with Crippen LogP contribution in [0.3, 0.4) is 0 Å². The molecule has 1 saturated heterocycles. The van der Waals surface area contributed by atoms with Gasteiger partial charge in [-0.05, 0) is 76.7 Å². The monoisotopic (exact) mass is 599 g/mol. The average Bonchev–Trinajstić information content (AvgIpc) is 3.67. The third-order valence-corrected chi connectivity index (χ3v) is 9.20. The minimum absolute atomic E-state index is 0.0473. The van der Waals surface area contributed by atoms with Gasteiger partial charge in [0.15, 0.2) is 17.2 Å². The summed E-state index contributed by atoms with van der Waals surface area (Å²) in [6.45, 7) is 5.30. The van der Waals surface area contributed by atoms with Gasteiger partial charge in [-0.3, -0.25) is 0 Å². The zero-order valence-electron chi connectivity index (χ0n) is 25.1. The molecule has 1 aliphatic heterocycles. The van der Waals surface area contributed by atoms with Gasteiger partial charge in [0.2, 0.25) is 0 Å². The molecule has 3 fully saturated rings. The lowest BCUT2D eigenvalue weighted by Crippen LogP contribution is -2.40. The maximum absolute atomic E-state index is 12.8. The number of nitrogens with two attached hydrogens (primary N) is 1. The quantitative estimate of drug-likeness (QED) is 0.282. The summed E-state index contributed by atoms with van der Waals surface area (Å²) < 4.78 is 13.5. The Morgan fingerprint density at radius 1 is 0.977 bits per heavy atom. The lowest BCUT2D eigenvalue weighted by Gasteiger charge is -2.33. The zero-order chi connectivity index (χ0) is 30.4. The van der Waals surface area contributed by atoms with E-state index in [1.54, 1.807) is 4.90 Å². The molecule has 230 valence electrons. The summed E-state index contributed by atoms with van der Waals surface area (Å²) in [5.74, 6) is 2.23. The third-order valence-electron chi connectivity index (χ3n) is 9.20. The average molecular weight is 600 g/mol. The number of anilines is 1. The number of aldehydes is 1. The highest BCUT2D eigenvalue weighted by Crippen LogP contribution is 2.48. The largest absolute Gasteiger partial charge is 0.446 e. The van der Waals surface area contributed by atoms with Crippen molar-refractivity contribution in [2.24, 2.45) is 5.92 Å². The van der Waals surface area contributed by atoms with Gasteiger partial charge >= 0.3 is 6.09 Å². The molecule has 0 bridgehead atoms. The molecule has 2 aliphatic carbocycles. The first-order chi connectivity index (χ1) is 21.4. The van der Waals surface area contributed by atoms with Crippen LogP contribution in [0, 0.1) is 5.92 Å². The Morgan fingerprint density at radius 2 is 1.70 bits per heavy atom. The summed E-state index contributed by atoms with van der Waals surface area (Å²) in [6.07, 6.45) is 12.6. The molecule has 0 spiro atoms. The van der Waals surface area contributed by atoms with Crippen molar-refractivity contribution in [2.45, 2.75) is 89.2 Å². The number of fused-ring (bicyclic) bond motifs is 1. The number of amides is 1. The molecular formula is C31H37N9O4. The molecule has 3 aliphatic rings. The van der Waals surface area contributed by atoms with Gasteiger partial charge in [-0.25, -0.2) is 29.4 Å². The summed E-state index contributed by atoms with van der Waals surface area (Å²) in [5.41, 5.74) is 9.83. The van der Waals surface area contributed by atoms with Gasteiger partial charge in [0.05, 0.1) is 10.9 Å². The lowest BCUT2D eigenvalue weighted by atomic mass is 9.88. The van der Waals surface area contributed by atoms with Crippen molar-refractivity contribution < 1.29 is 18.8 Å². The number of hydrogen-bond acceptors (Lipinski definition) is 11. The van der Waals surface area contributed by atoms with Crippen molar-refractivity contribution in [2.75, 3.05) is 18.8 Å². The Hall–Kier alpha value is -4.42. The van der Waals surface area contributed by atoms with E-state index in [0.717, 1.165) is 74.5 Å². The highest BCUT2D eigenvalue weighted by molar-refractivity contribution is 6.00. The Labute approximate surface area is 254 Å². The number of carbonyl (C=O) groups excluding carboxylic acids is 2. The zero-order valence-corrected chi connectivity index (χ0v) is 25.1. The fourth-order valence-electron chi connectivity index (χ4n) is 6.46. The van der Waals surface area contributed by atoms with Crippen LogP contribution in [0.4, 0.5) is 10.6 Å². The topological polar surface area (TPSA) is 168 Å². The van der Waals surface area contributed by atoms with E-state index >= 15 is 0 Å². The molecule has 0 radical (unpaired) electrons. The number of ether oxygens (including phenoxy) is 1. The number of piperidine rings is 1. The van der Waals surface area contributed by atoms with Crippen LogP contribution in [-0.4, -0.2) is 71.3 Å². The maximum atomic E-state index is 12.8. The van der Waals surface area contributed by atoms with Crippen LogP contribution >= 0.6 is 0 Å². The number of rotatable bonds is 7. The smallest absolute Gasteiger partial charge is 0.410 e. The minimum Gasteiger partial charge on any atom is -0.446 e. The summed E-state index contributed by atoms with van der Waals surface area (Å²) in [6, 6.07) is 0.0473. The molecule has 2 N–H and O–H groups in total. The summed E-state index contributed by atoms with van der Waals surface area (Å²) in [5, 5.41) is 9.96. The van der Waals surface area contributed by atoms with Gasteiger partial charge in [0, 0.05) is 43.4 Å². The molecule has 5 heterocycles. The Kier molecular flexibility index (Phi) is 7.47. The molecule has 0 aromatic carbocycles. The van der Waals surface area contributed by atoms with Gasteiger partial charge in [-0.1, -0.05) is 5.16 Å². The van der Waals surface area contributed by atoms with Crippen LogP contribution in [0.15, 0.2) is 23.2 Å². The predicted molar refractivity (Wildman–Crippen MR) is 160 cm³/mol. The molecule has 13 nitrogen and oxygen atoms in total. The standard InChI is InChI=1S/C31H37N9O4/c1-17(2)40-30-24(28(32)35-16-36-30)25(37-40)26-23(27(44-38-26)20-5-6-20)29-33-13-21(14-34-29)19-9-11-39(12-10-19)31(42)43-22-7-3-18(15-41)4-8-22/h13-20,22H,3-12H2,1-2H3,(H2,32,35,36). The highest BCUT2D eigenvalue weighted by Gasteiger charge is 2.36. The number of carbonyl (C=O) groups is 2. The van der Waals surface area contributed by atoms with Crippen molar-refractivity contribution in [1.29, 1.82) is 0 Å². The van der Waals surface area contributed by atoms with Crippen LogP contribution in [0.1, 0.15) is 94.4 Å². The molecule has 13 heteroatoms. The number of aromatic nitrogens is 7. The number of nitrogens with zero attached hydrogens (tertiary/aromatic N) is 8.